The summed E-state index contributed by atoms with van der Waals surface area (Å²) in [4.78, 5) is 30.5. The van der Waals surface area contributed by atoms with Gasteiger partial charge >= 0.3 is 5.97 Å². The molecule has 2 heterocycles. The van der Waals surface area contributed by atoms with Crippen LogP contribution in [-0.2, 0) is 20.7 Å². The molecule has 3 aromatic rings. The van der Waals surface area contributed by atoms with E-state index in [0.29, 0.717) is 19.0 Å². The van der Waals surface area contributed by atoms with Crippen LogP contribution < -0.4 is 0 Å². The van der Waals surface area contributed by atoms with Crippen molar-refractivity contribution in [1.29, 1.82) is 0 Å². The standard InChI is InChI=1S/C22H21FN2O4/c23-17-6-2-1-5-16(17)13-21(27)28-14-20(26)25-11-9-15(10-12-25)22-24-18-7-3-4-8-19(18)29-22/h1-8,15H,9-14H2. The topological polar surface area (TPSA) is 72.6 Å². The minimum Gasteiger partial charge on any atom is -0.455 e. The van der Waals surface area contributed by atoms with E-state index in [-0.39, 0.29) is 30.4 Å². The Hall–Kier alpha value is -3.22. The molecule has 6 nitrogen and oxygen atoms in total. The number of amides is 1. The van der Waals surface area contributed by atoms with Gasteiger partial charge in [-0.3, -0.25) is 9.59 Å². The van der Waals surface area contributed by atoms with Crippen LogP contribution in [0.15, 0.2) is 52.9 Å². The van der Waals surface area contributed by atoms with Crippen molar-refractivity contribution in [2.45, 2.75) is 25.2 Å². The van der Waals surface area contributed by atoms with E-state index in [4.69, 9.17) is 9.15 Å². The van der Waals surface area contributed by atoms with Crippen LogP contribution in [0, 0.1) is 5.82 Å². The van der Waals surface area contributed by atoms with Gasteiger partial charge in [0, 0.05) is 19.0 Å². The van der Waals surface area contributed by atoms with Crippen LogP contribution in [0.4, 0.5) is 4.39 Å². The number of piperidine rings is 1. The Bertz CT molecular complexity index is 991. The number of hydrogen-bond donors (Lipinski definition) is 0. The lowest BCUT2D eigenvalue weighted by molar-refractivity contribution is -0.152. The second-order valence-electron chi connectivity index (χ2n) is 7.10. The molecule has 1 aliphatic rings. The van der Waals surface area contributed by atoms with Crippen molar-refractivity contribution in [3.8, 4) is 0 Å². The lowest BCUT2D eigenvalue weighted by atomic mass is 9.97. The monoisotopic (exact) mass is 396 g/mol. The molecule has 0 bridgehead atoms. The first kappa shape index (κ1) is 19.1. The van der Waals surface area contributed by atoms with Crippen LogP contribution in [0.1, 0.15) is 30.2 Å². The molecular weight excluding hydrogens is 375 g/mol. The van der Waals surface area contributed by atoms with Gasteiger partial charge in [0.05, 0.1) is 6.42 Å². The number of nitrogens with zero attached hydrogens (tertiary/aromatic N) is 2. The van der Waals surface area contributed by atoms with Crippen molar-refractivity contribution in [3.05, 3.63) is 65.8 Å². The Labute approximate surface area is 167 Å². The van der Waals surface area contributed by atoms with Gasteiger partial charge < -0.3 is 14.1 Å². The highest BCUT2D eigenvalue weighted by molar-refractivity contribution is 5.81. The average Bonchev–Trinajstić information content (AvgIpc) is 3.18. The highest BCUT2D eigenvalue weighted by Crippen LogP contribution is 2.29. The molecular formula is C22H21FN2O4. The smallest absolute Gasteiger partial charge is 0.310 e. The number of oxazole rings is 1. The summed E-state index contributed by atoms with van der Waals surface area (Å²) in [5, 5.41) is 0. The molecule has 0 saturated carbocycles. The largest absolute Gasteiger partial charge is 0.455 e. The van der Waals surface area contributed by atoms with Crippen molar-refractivity contribution >= 4 is 23.0 Å². The Morgan fingerprint density at radius 1 is 1.10 bits per heavy atom. The molecule has 0 N–H and O–H groups in total. The molecule has 4 rings (SSSR count). The molecule has 1 fully saturated rings. The van der Waals surface area contributed by atoms with Gasteiger partial charge in [-0.1, -0.05) is 30.3 Å². The Morgan fingerprint density at radius 2 is 1.83 bits per heavy atom. The zero-order valence-corrected chi connectivity index (χ0v) is 15.8. The summed E-state index contributed by atoms with van der Waals surface area (Å²) in [5.74, 6) is -0.463. The van der Waals surface area contributed by atoms with Gasteiger partial charge in [0.25, 0.3) is 5.91 Å². The second kappa shape index (κ2) is 8.43. The fourth-order valence-corrected chi connectivity index (χ4v) is 3.52. The molecule has 0 spiro atoms. The molecule has 1 saturated heterocycles. The van der Waals surface area contributed by atoms with E-state index in [0.717, 1.165) is 23.9 Å². The van der Waals surface area contributed by atoms with Gasteiger partial charge in [-0.2, -0.15) is 0 Å². The summed E-state index contributed by atoms with van der Waals surface area (Å²) in [6.07, 6.45) is 1.28. The maximum atomic E-state index is 13.6. The zero-order chi connectivity index (χ0) is 20.2. The molecule has 2 aromatic carbocycles. The molecule has 1 aromatic heterocycles. The Balaban J connectivity index is 1.25. The Kier molecular flexibility index (Phi) is 5.55. The predicted octanol–water partition coefficient (Wildman–Crippen LogP) is 3.46. The molecule has 150 valence electrons. The average molecular weight is 396 g/mol. The highest BCUT2D eigenvalue weighted by atomic mass is 19.1. The van der Waals surface area contributed by atoms with Gasteiger partial charge in [0.15, 0.2) is 18.1 Å². The summed E-state index contributed by atoms with van der Waals surface area (Å²) in [5.41, 5.74) is 1.86. The van der Waals surface area contributed by atoms with Gasteiger partial charge in [-0.05, 0) is 36.6 Å². The lowest BCUT2D eigenvalue weighted by Gasteiger charge is -2.30. The van der Waals surface area contributed by atoms with Crippen molar-refractivity contribution in [3.63, 3.8) is 0 Å². The molecule has 0 radical (unpaired) electrons. The molecule has 1 aliphatic heterocycles. The maximum Gasteiger partial charge on any atom is 0.310 e. The minimum absolute atomic E-state index is 0.162. The van der Waals surface area contributed by atoms with Crippen LogP contribution in [0.3, 0.4) is 0 Å². The third kappa shape index (κ3) is 4.45. The summed E-state index contributed by atoms with van der Waals surface area (Å²) < 4.78 is 24.5. The van der Waals surface area contributed by atoms with Crippen molar-refractivity contribution < 1.29 is 23.1 Å². The molecule has 0 aliphatic carbocycles. The fourth-order valence-electron chi connectivity index (χ4n) is 3.52. The van der Waals surface area contributed by atoms with Crippen LogP contribution in [0.25, 0.3) is 11.1 Å². The van der Waals surface area contributed by atoms with Crippen molar-refractivity contribution in [2.75, 3.05) is 19.7 Å². The van der Waals surface area contributed by atoms with Gasteiger partial charge in [0.2, 0.25) is 0 Å². The maximum absolute atomic E-state index is 13.6. The second-order valence-corrected chi connectivity index (χ2v) is 7.10. The van der Waals surface area contributed by atoms with Crippen molar-refractivity contribution in [1.82, 2.24) is 9.88 Å². The van der Waals surface area contributed by atoms with E-state index in [1.807, 2.05) is 24.3 Å². The number of ether oxygens (including phenoxy) is 1. The number of likely N-dealkylation sites (tertiary alicyclic amines) is 1. The number of esters is 1. The molecule has 0 unspecified atom stereocenters. The number of carbonyl (C=O) groups is 2. The van der Waals surface area contributed by atoms with E-state index < -0.39 is 11.8 Å². The summed E-state index contributed by atoms with van der Waals surface area (Å²) in [6.45, 7) is 0.765. The van der Waals surface area contributed by atoms with Crippen LogP contribution in [0.5, 0.6) is 0 Å². The Morgan fingerprint density at radius 3 is 2.59 bits per heavy atom. The number of rotatable bonds is 5. The fraction of sp³-hybridized carbons (Fsp3) is 0.318. The van der Waals surface area contributed by atoms with Crippen molar-refractivity contribution in [2.24, 2.45) is 0 Å². The summed E-state index contributed by atoms with van der Waals surface area (Å²) in [7, 11) is 0. The van der Waals surface area contributed by atoms with E-state index in [9.17, 15) is 14.0 Å². The summed E-state index contributed by atoms with van der Waals surface area (Å²) >= 11 is 0. The first-order valence-electron chi connectivity index (χ1n) is 9.62. The number of carbonyl (C=O) groups excluding carboxylic acids is 2. The van der Waals surface area contributed by atoms with E-state index in [1.165, 1.54) is 12.1 Å². The quantitative estimate of drug-likeness (QED) is 0.618. The first-order valence-corrected chi connectivity index (χ1v) is 9.62. The number of hydrogen-bond acceptors (Lipinski definition) is 5. The number of fused-ring (bicyclic) bond motifs is 1. The van der Waals surface area contributed by atoms with Gasteiger partial charge in [0.1, 0.15) is 11.3 Å². The number of para-hydroxylation sites is 2. The molecule has 0 atom stereocenters. The van der Waals surface area contributed by atoms with E-state index >= 15 is 0 Å². The molecule has 7 heteroatoms. The first-order chi connectivity index (χ1) is 14.1. The highest BCUT2D eigenvalue weighted by Gasteiger charge is 2.27. The van der Waals surface area contributed by atoms with Gasteiger partial charge in [-0.25, -0.2) is 9.37 Å². The van der Waals surface area contributed by atoms with E-state index in [1.54, 1.807) is 17.0 Å². The normalized spacial score (nSPS) is 14.9. The van der Waals surface area contributed by atoms with E-state index in [2.05, 4.69) is 4.98 Å². The minimum atomic E-state index is -0.621. The molecule has 29 heavy (non-hydrogen) atoms. The third-order valence-electron chi connectivity index (χ3n) is 5.16. The number of halogens is 1. The lowest BCUT2D eigenvalue weighted by Crippen LogP contribution is -2.40. The van der Waals surface area contributed by atoms with Crippen LogP contribution >= 0.6 is 0 Å². The number of benzene rings is 2. The third-order valence-corrected chi connectivity index (χ3v) is 5.16. The predicted molar refractivity (Wildman–Crippen MR) is 104 cm³/mol. The van der Waals surface area contributed by atoms with Gasteiger partial charge in [-0.15, -0.1) is 0 Å². The van der Waals surface area contributed by atoms with Crippen LogP contribution in [-0.4, -0.2) is 41.5 Å². The van der Waals surface area contributed by atoms with Crippen LogP contribution in [0.2, 0.25) is 0 Å². The summed E-state index contributed by atoms with van der Waals surface area (Å²) in [6, 6.07) is 13.6. The zero-order valence-electron chi connectivity index (χ0n) is 15.8. The number of aromatic nitrogens is 1. The molecule has 1 amide bonds. The SMILES string of the molecule is O=C(Cc1ccccc1F)OCC(=O)N1CCC(c2nc3ccccc3o2)CC1.